The molecule has 0 aliphatic heterocycles. The lowest BCUT2D eigenvalue weighted by Gasteiger charge is -2.60. The van der Waals surface area contributed by atoms with Gasteiger partial charge in [0.25, 0.3) is 0 Å². The second-order valence-electron chi connectivity index (χ2n) is 10.7. The number of hydrogen-bond donors (Lipinski definition) is 4. The van der Waals surface area contributed by atoms with E-state index in [2.05, 4.69) is 29.3 Å². The van der Waals surface area contributed by atoms with Crippen molar-refractivity contribution in [2.24, 2.45) is 33.7 Å². The highest BCUT2D eigenvalue weighted by molar-refractivity contribution is 7.88. The van der Waals surface area contributed by atoms with Crippen LogP contribution in [0.25, 0.3) is 0 Å². The maximum atomic E-state index is 15.9. The highest BCUT2D eigenvalue weighted by Crippen LogP contribution is 2.67. The van der Waals surface area contributed by atoms with Crippen molar-refractivity contribution >= 4 is 15.7 Å². The molecule has 0 saturated heterocycles. The molecule has 0 spiro atoms. The minimum Gasteiger partial charge on any atom is -0.390 e. The van der Waals surface area contributed by atoms with E-state index in [9.17, 15) is 18.7 Å². The van der Waals surface area contributed by atoms with Crippen molar-refractivity contribution in [1.82, 2.24) is 10.3 Å². The van der Waals surface area contributed by atoms with Crippen molar-refractivity contribution in [1.29, 1.82) is 0 Å². The largest absolute Gasteiger partial charge is 0.390 e. The molecule has 0 radical (unpaired) electrons. The Morgan fingerprint density at radius 2 is 1.93 bits per heavy atom. The van der Waals surface area contributed by atoms with E-state index in [-0.39, 0.29) is 17.8 Å². The van der Waals surface area contributed by atoms with Gasteiger partial charge in [-0.1, -0.05) is 19.4 Å². The molecule has 0 aromatic rings. The first-order valence-corrected chi connectivity index (χ1v) is 12.7. The normalized spacial score (nSPS) is 49.8. The summed E-state index contributed by atoms with van der Waals surface area (Å²) in [6.45, 7) is 5.99. The van der Waals surface area contributed by atoms with E-state index < -0.39 is 38.7 Å². The Labute approximate surface area is 178 Å². The van der Waals surface area contributed by atoms with E-state index in [4.69, 9.17) is 0 Å². The third-order valence-electron chi connectivity index (χ3n) is 9.00. The van der Waals surface area contributed by atoms with Gasteiger partial charge < -0.3 is 10.3 Å². The fraction of sp³-hybridized carbons (Fsp3) is 0.857. The number of alkyl halides is 1. The van der Waals surface area contributed by atoms with E-state index in [1.165, 1.54) is 0 Å². The van der Waals surface area contributed by atoms with Gasteiger partial charge in [0.05, 0.1) is 23.6 Å². The molecule has 4 aliphatic carbocycles. The molecular formula is C21H34FN3O4S. The molecule has 4 aliphatic rings. The Kier molecular flexibility index (Phi) is 5.16. The van der Waals surface area contributed by atoms with Crippen LogP contribution in [0.2, 0.25) is 0 Å². The fourth-order valence-corrected chi connectivity index (χ4v) is 7.56. The average molecular weight is 444 g/mol. The van der Waals surface area contributed by atoms with Crippen LogP contribution in [0, 0.1) is 28.6 Å². The van der Waals surface area contributed by atoms with Crippen LogP contribution < -0.4 is 10.3 Å². The van der Waals surface area contributed by atoms with Gasteiger partial charge in [-0.3, -0.25) is 0 Å². The number of allylic oxidation sites excluding steroid dienone is 1. The molecule has 0 heterocycles. The molecule has 0 bridgehead atoms. The zero-order valence-corrected chi connectivity index (χ0v) is 19.0. The maximum absolute atomic E-state index is 15.9. The lowest BCUT2D eigenvalue weighted by molar-refractivity contribution is -0.147. The van der Waals surface area contributed by atoms with Crippen molar-refractivity contribution in [2.45, 2.75) is 77.1 Å². The second-order valence-corrected chi connectivity index (χ2v) is 12.4. The summed E-state index contributed by atoms with van der Waals surface area (Å²) in [6.07, 6.45) is 5.87. The van der Waals surface area contributed by atoms with Gasteiger partial charge in [0.1, 0.15) is 6.17 Å². The Morgan fingerprint density at radius 3 is 2.57 bits per heavy atom. The van der Waals surface area contributed by atoms with Crippen LogP contribution in [0.4, 0.5) is 4.39 Å². The van der Waals surface area contributed by atoms with Crippen LogP contribution >= 0.6 is 0 Å². The third-order valence-corrected chi connectivity index (χ3v) is 9.42. The molecule has 4 N–H and O–H groups in total. The molecular weight excluding hydrogens is 409 g/mol. The number of hydrazone groups is 1. The van der Waals surface area contributed by atoms with Crippen LogP contribution in [-0.4, -0.2) is 48.5 Å². The second kappa shape index (κ2) is 6.98. The zero-order valence-electron chi connectivity index (χ0n) is 18.2. The van der Waals surface area contributed by atoms with Crippen molar-refractivity contribution in [2.75, 3.05) is 6.26 Å². The van der Waals surface area contributed by atoms with E-state index in [1.807, 2.05) is 13.0 Å². The highest BCUT2D eigenvalue weighted by atomic mass is 32.2. The predicted molar refractivity (Wildman–Crippen MR) is 112 cm³/mol. The quantitative estimate of drug-likeness (QED) is 0.501. The van der Waals surface area contributed by atoms with Crippen molar-refractivity contribution in [3.63, 3.8) is 0 Å². The molecule has 1 unspecified atom stereocenters. The smallest absolute Gasteiger partial charge is 0.244 e. The number of hydroxylamine groups is 1. The number of fused-ring (bicyclic) bond motifs is 5. The lowest BCUT2D eigenvalue weighted by Crippen LogP contribution is -2.59. The van der Waals surface area contributed by atoms with Crippen molar-refractivity contribution in [3.05, 3.63) is 11.6 Å². The molecule has 8 atom stereocenters. The van der Waals surface area contributed by atoms with Crippen LogP contribution in [0.5, 0.6) is 0 Å². The van der Waals surface area contributed by atoms with Crippen molar-refractivity contribution in [3.8, 4) is 0 Å². The summed E-state index contributed by atoms with van der Waals surface area (Å²) in [5, 5.41) is 24.7. The van der Waals surface area contributed by atoms with Crippen molar-refractivity contribution < 1.29 is 23.1 Å². The highest BCUT2D eigenvalue weighted by Gasteiger charge is 2.65. The molecule has 4 rings (SSSR count). The van der Waals surface area contributed by atoms with E-state index in [1.54, 1.807) is 0 Å². The van der Waals surface area contributed by atoms with Crippen LogP contribution in [-0.2, 0) is 10.0 Å². The summed E-state index contributed by atoms with van der Waals surface area (Å²) in [4.78, 5) is 2.14. The number of aliphatic hydroxyl groups is 1. The SMILES string of the molecule is C[C@]12CC(NO)/C(=N/NS(C)(=O)=O)C=C1CC[C@@H]1[C@@H]2[C@@H](F)C[C@@]2(C)[C@H]1CC[C@]2(C)O. The van der Waals surface area contributed by atoms with Gasteiger partial charge in [-0.15, -0.1) is 0 Å². The molecule has 9 heteroatoms. The maximum Gasteiger partial charge on any atom is 0.244 e. The van der Waals surface area contributed by atoms with Gasteiger partial charge in [0, 0.05) is 11.3 Å². The lowest BCUT2D eigenvalue weighted by atomic mass is 9.45. The Morgan fingerprint density at radius 1 is 1.23 bits per heavy atom. The van der Waals surface area contributed by atoms with Gasteiger partial charge in [-0.05, 0) is 68.8 Å². The Balaban J connectivity index is 1.71. The first kappa shape index (κ1) is 22.2. The van der Waals surface area contributed by atoms with E-state index in [0.29, 0.717) is 25.0 Å². The number of nitrogens with one attached hydrogen (secondary N) is 2. The summed E-state index contributed by atoms with van der Waals surface area (Å²) < 4.78 is 38.7. The summed E-state index contributed by atoms with van der Waals surface area (Å²) in [7, 11) is -3.52. The van der Waals surface area contributed by atoms with Gasteiger partial charge in [-0.25, -0.2) is 17.6 Å². The molecule has 0 aromatic heterocycles. The number of sulfonamides is 1. The Hall–Kier alpha value is -1.03. The van der Waals surface area contributed by atoms with Gasteiger partial charge in [0.15, 0.2) is 0 Å². The predicted octanol–water partition coefficient (Wildman–Crippen LogP) is 2.51. The van der Waals surface area contributed by atoms with Gasteiger partial charge >= 0.3 is 0 Å². The molecule has 0 amide bonds. The summed E-state index contributed by atoms with van der Waals surface area (Å²) in [5.74, 6) is 0.275. The first-order chi connectivity index (χ1) is 13.8. The van der Waals surface area contributed by atoms with E-state index >= 15 is 4.39 Å². The standard InChI is InChI=1S/C21H34FN3O4S/c1-19-11-17(24-27)16(23-25-30(4,28)29)9-12(19)5-6-13-14-7-8-21(3,26)20(14,2)10-15(22)18(13)19/h9,13-15,17-18,24-27H,5-8,10-11H2,1-4H3/b23-16+/t13-,14-,15-,17?,18+,19-,20-,21-/m0/s1. The first-order valence-electron chi connectivity index (χ1n) is 10.8. The van der Waals surface area contributed by atoms with E-state index in [0.717, 1.165) is 31.1 Å². The summed E-state index contributed by atoms with van der Waals surface area (Å²) >= 11 is 0. The number of hydrogen-bond acceptors (Lipinski definition) is 6. The number of nitrogens with zero attached hydrogens (tertiary/aromatic N) is 1. The molecule has 170 valence electrons. The summed E-state index contributed by atoms with van der Waals surface area (Å²) in [5.41, 5.74) is 2.02. The fourth-order valence-electron chi connectivity index (χ4n) is 7.29. The molecule has 7 nitrogen and oxygen atoms in total. The average Bonchev–Trinajstić information content (AvgIpc) is 2.87. The minimum absolute atomic E-state index is 0.182. The molecule has 0 aromatic carbocycles. The third kappa shape index (κ3) is 3.24. The molecule has 3 saturated carbocycles. The summed E-state index contributed by atoms with van der Waals surface area (Å²) in [6, 6.07) is -0.584. The molecule has 3 fully saturated rings. The topological polar surface area (TPSA) is 111 Å². The van der Waals surface area contributed by atoms with Gasteiger partial charge in [0.2, 0.25) is 10.0 Å². The Bertz CT molecular complexity index is 889. The van der Waals surface area contributed by atoms with Crippen LogP contribution in [0.3, 0.4) is 0 Å². The van der Waals surface area contributed by atoms with Crippen LogP contribution in [0.1, 0.15) is 59.3 Å². The number of rotatable bonds is 3. The van der Waals surface area contributed by atoms with Crippen LogP contribution in [0.15, 0.2) is 16.8 Å². The number of halogens is 1. The monoisotopic (exact) mass is 443 g/mol. The van der Waals surface area contributed by atoms with Gasteiger partial charge in [-0.2, -0.15) is 10.6 Å². The minimum atomic E-state index is -3.52. The zero-order chi connectivity index (χ0) is 22.1. The molecule has 30 heavy (non-hydrogen) atoms.